The van der Waals surface area contributed by atoms with Gasteiger partial charge in [-0.1, -0.05) is 42.5 Å². The number of nitrogens with one attached hydrogen (secondary N) is 3. The predicted octanol–water partition coefficient (Wildman–Crippen LogP) is 4.54. The number of anilines is 3. The second-order valence-corrected chi connectivity index (χ2v) is 6.59. The van der Waals surface area contributed by atoms with Gasteiger partial charge in [-0.3, -0.25) is 5.10 Å². The molecular weight excluding hydrogens is 364 g/mol. The minimum atomic E-state index is 0.531. The Morgan fingerprint density at radius 2 is 1.79 bits per heavy atom. The van der Waals surface area contributed by atoms with Crippen molar-refractivity contribution in [2.75, 3.05) is 17.7 Å². The minimum Gasteiger partial charge on any atom is -0.497 e. The number of ether oxygens (including phenoxy) is 1. The van der Waals surface area contributed by atoms with Gasteiger partial charge in [-0.05, 0) is 24.6 Å². The molecule has 0 bridgehead atoms. The van der Waals surface area contributed by atoms with Crippen LogP contribution in [0.3, 0.4) is 0 Å². The molecule has 4 rings (SSSR count). The summed E-state index contributed by atoms with van der Waals surface area (Å²) in [6, 6.07) is 21.8. The molecule has 4 aromatic rings. The average molecular weight is 386 g/mol. The molecule has 0 atom stereocenters. The molecule has 0 radical (unpaired) electrons. The Morgan fingerprint density at radius 3 is 2.55 bits per heavy atom. The van der Waals surface area contributed by atoms with Crippen LogP contribution in [-0.4, -0.2) is 27.3 Å². The van der Waals surface area contributed by atoms with E-state index in [2.05, 4.69) is 37.9 Å². The van der Waals surface area contributed by atoms with Crippen LogP contribution >= 0.6 is 0 Å². The van der Waals surface area contributed by atoms with E-state index < -0.39 is 0 Å². The molecule has 0 spiro atoms. The molecule has 0 saturated carbocycles. The molecule has 3 N–H and O–H groups in total. The van der Waals surface area contributed by atoms with Gasteiger partial charge in [-0.25, -0.2) is 4.98 Å². The number of benzene rings is 2. The van der Waals surface area contributed by atoms with Crippen molar-refractivity contribution in [3.63, 3.8) is 0 Å². The van der Waals surface area contributed by atoms with Gasteiger partial charge in [0.05, 0.1) is 12.8 Å². The first-order chi connectivity index (χ1) is 14.2. The highest BCUT2D eigenvalue weighted by Gasteiger charge is 2.09. The molecule has 0 saturated heterocycles. The molecule has 146 valence electrons. The van der Waals surface area contributed by atoms with Crippen LogP contribution in [0, 0.1) is 6.92 Å². The van der Waals surface area contributed by atoms with Crippen molar-refractivity contribution in [2.24, 2.45) is 0 Å². The number of rotatable bonds is 7. The lowest BCUT2D eigenvalue weighted by atomic mass is 10.1. The number of H-pyrrole nitrogens is 1. The summed E-state index contributed by atoms with van der Waals surface area (Å²) in [7, 11) is 1.65. The molecule has 0 unspecified atom stereocenters. The molecule has 0 aliphatic rings. The van der Waals surface area contributed by atoms with Crippen LogP contribution < -0.4 is 15.4 Å². The van der Waals surface area contributed by atoms with E-state index in [1.165, 1.54) is 0 Å². The van der Waals surface area contributed by atoms with Crippen LogP contribution in [0.25, 0.3) is 11.3 Å². The van der Waals surface area contributed by atoms with Gasteiger partial charge in [0, 0.05) is 29.9 Å². The van der Waals surface area contributed by atoms with Gasteiger partial charge in [0.2, 0.25) is 5.95 Å². The third-order valence-electron chi connectivity index (χ3n) is 4.35. The summed E-state index contributed by atoms with van der Waals surface area (Å²) in [5.41, 5.74) is 3.84. The van der Waals surface area contributed by atoms with E-state index in [1.54, 1.807) is 7.11 Å². The van der Waals surface area contributed by atoms with E-state index in [-0.39, 0.29) is 0 Å². The summed E-state index contributed by atoms with van der Waals surface area (Å²) in [5.74, 6) is 2.66. The second kappa shape index (κ2) is 8.43. The van der Waals surface area contributed by atoms with Crippen molar-refractivity contribution in [3.8, 4) is 17.0 Å². The first-order valence-electron chi connectivity index (χ1n) is 9.30. The van der Waals surface area contributed by atoms with E-state index >= 15 is 0 Å². The Morgan fingerprint density at radius 1 is 0.931 bits per heavy atom. The van der Waals surface area contributed by atoms with Crippen LogP contribution in [0.15, 0.2) is 66.7 Å². The van der Waals surface area contributed by atoms with E-state index in [0.29, 0.717) is 24.1 Å². The van der Waals surface area contributed by atoms with Gasteiger partial charge in [0.1, 0.15) is 11.6 Å². The van der Waals surface area contributed by atoms with Crippen LogP contribution in [0.1, 0.15) is 11.3 Å². The van der Waals surface area contributed by atoms with Crippen molar-refractivity contribution in [1.29, 1.82) is 0 Å². The predicted molar refractivity (Wildman–Crippen MR) is 114 cm³/mol. The summed E-state index contributed by atoms with van der Waals surface area (Å²) in [6.45, 7) is 2.58. The van der Waals surface area contributed by atoms with Gasteiger partial charge in [-0.15, -0.1) is 0 Å². The highest BCUT2D eigenvalue weighted by molar-refractivity contribution is 5.67. The van der Waals surface area contributed by atoms with E-state index in [0.717, 1.165) is 28.3 Å². The summed E-state index contributed by atoms with van der Waals surface area (Å²) < 4.78 is 5.35. The Hall–Kier alpha value is -3.87. The second-order valence-electron chi connectivity index (χ2n) is 6.59. The van der Waals surface area contributed by atoms with Crippen LogP contribution in [0.4, 0.5) is 17.6 Å². The zero-order valence-electron chi connectivity index (χ0n) is 16.3. The fraction of sp³-hybridized carbons (Fsp3) is 0.136. The quantitative estimate of drug-likeness (QED) is 0.432. The summed E-state index contributed by atoms with van der Waals surface area (Å²) in [4.78, 5) is 9.30. The summed E-state index contributed by atoms with van der Waals surface area (Å²) >= 11 is 0. The monoisotopic (exact) mass is 386 g/mol. The third-order valence-corrected chi connectivity index (χ3v) is 4.35. The van der Waals surface area contributed by atoms with Crippen LogP contribution in [0.2, 0.25) is 0 Å². The summed E-state index contributed by atoms with van der Waals surface area (Å²) in [5, 5.41) is 13.7. The van der Waals surface area contributed by atoms with Gasteiger partial charge < -0.3 is 15.4 Å². The van der Waals surface area contributed by atoms with E-state index in [9.17, 15) is 0 Å². The molecule has 0 aliphatic carbocycles. The Balaban J connectivity index is 1.66. The van der Waals surface area contributed by atoms with Crippen LogP contribution in [0.5, 0.6) is 5.75 Å². The zero-order chi connectivity index (χ0) is 20.1. The molecule has 29 heavy (non-hydrogen) atoms. The molecule has 2 aromatic heterocycles. The largest absolute Gasteiger partial charge is 0.497 e. The lowest BCUT2D eigenvalue weighted by Crippen LogP contribution is -2.06. The van der Waals surface area contributed by atoms with Crippen molar-refractivity contribution in [2.45, 2.75) is 13.5 Å². The molecule has 0 fully saturated rings. The fourth-order valence-corrected chi connectivity index (χ4v) is 2.91. The topological polar surface area (TPSA) is 87.8 Å². The maximum absolute atomic E-state index is 5.35. The SMILES string of the molecule is COc1cccc(-c2cc(Nc3cc(C)[nH]n3)nc(NCc3ccccc3)n2)c1. The summed E-state index contributed by atoms with van der Waals surface area (Å²) in [6.07, 6.45) is 0. The lowest BCUT2D eigenvalue weighted by molar-refractivity contribution is 0.415. The average Bonchev–Trinajstić information content (AvgIpc) is 3.17. The normalized spacial score (nSPS) is 10.6. The van der Waals surface area contributed by atoms with Gasteiger partial charge in [0.25, 0.3) is 0 Å². The van der Waals surface area contributed by atoms with Crippen molar-refractivity contribution in [3.05, 3.63) is 78.0 Å². The molecule has 2 aromatic carbocycles. The van der Waals surface area contributed by atoms with E-state index in [1.807, 2.05) is 61.5 Å². The smallest absolute Gasteiger partial charge is 0.225 e. The maximum atomic E-state index is 5.35. The van der Waals surface area contributed by atoms with Crippen molar-refractivity contribution < 1.29 is 4.74 Å². The van der Waals surface area contributed by atoms with Gasteiger partial charge >= 0.3 is 0 Å². The Labute approximate surface area is 169 Å². The maximum Gasteiger partial charge on any atom is 0.225 e. The van der Waals surface area contributed by atoms with Gasteiger partial charge in [0.15, 0.2) is 5.82 Å². The van der Waals surface area contributed by atoms with E-state index in [4.69, 9.17) is 9.72 Å². The number of methoxy groups -OCH3 is 1. The third kappa shape index (κ3) is 4.70. The number of aryl methyl sites for hydroxylation is 1. The van der Waals surface area contributed by atoms with Crippen molar-refractivity contribution >= 4 is 17.6 Å². The molecule has 2 heterocycles. The molecule has 7 heteroatoms. The first kappa shape index (κ1) is 18.5. The first-order valence-corrected chi connectivity index (χ1v) is 9.30. The molecule has 7 nitrogen and oxygen atoms in total. The van der Waals surface area contributed by atoms with Crippen LogP contribution in [-0.2, 0) is 6.54 Å². The van der Waals surface area contributed by atoms with Crippen molar-refractivity contribution in [1.82, 2.24) is 20.2 Å². The zero-order valence-corrected chi connectivity index (χ0v) is 16.3. The molecular formula is C22H22N6O. The standard InChI is InChI=1S/C22H22N6O/c1-15-11-21(28-27-15)25-20-13-19(17-9-6-10-18(12-17)29-2)24-22(26-20)23-14-16-7-4-3-5-8-16/h3-13H,14H2,1-2H3,(H3,23,24,25,26,27,28). The number of hydrogen-bond donors (Lipinski definition) is 3. The number of aromatic nitrogens is 4. The highest BCUT2D eigenvalue weighted by atomic mass is 16.5. The molecule has 0 amide bonds. The highest BCUT2D eigenvalue weighted by Crippen LogP contribution is 2.26. The van der Waals surface area contributed by atoms with Gasteiger partial charge in [-0.2, -0.15) is 10.1 Å². The number of aromatic amines is 1. The Bertz CT molecular complexity index is 1090. The Kier molecular flexibility index (Phi) is 5.38. The molecule has 0 aliphatic heterocycles. The fourth-order valence-electron chi connectivity index (χ4n) is 2.91. The number of nitrogens with zero attached hydrogens (tertiary/aromatic N) is 3. The number of hydrogen-bond acceptors (Lipinski definition) is 6. The lowest BCUT2D eigenvalue weighted by Gasteiger charge is -2.11. The minimum absolute atomic E-state index is 0.531.